The number of esters is 1. The molecule has 176 valence electrons. The number of ketones is 2. The van der Waals surface area contributed by atoms with E-state index in [1.165, 1.54) is 16.7 Å². The summed E-state index contributed by atoms with van der Waals surface area (Å²) in [7, 11) is 0. The lowest BCUT2D eigenvalue weighted by atomic mass is 9.89. The van der Waals surface area contributed by atoms with Crippen LogP contribution in [0.3, 0.4) is 0 Å². The Kier molecular flexibility index (Phi) is 6.56. The number of amides is 1. The van der Waals surface area contributed by atoms with Crippen molar-refractivity contribution in [1.29, 1.82) is 0 Å². The lowest BCUT2D eigenvalue weighted by Gasteiger charge is -2.17. The second kappa shape index (κ2) is 9.56. The normalized spacial score (nSPS) is 12.6. The first kappa shape index (κ1) is 23.3. The Morgan fingerprint density at radius 2 is 1.88 bits per heavy atom. The van der Waals surface area contributed by atoms with Crippen LogP contribution in [0.1, 0.15) is 69.7 Å². The van der Waals surface area contributed by atoms with E-state index in [0.29, 0.717) is 24.2 Å². The molecular weight excluding hydrogens is 436 g/mol. The van der Waals surface area contributed by atoms with Crippen LogP contribution in [0.25, 0.3) is 5.52 Å². The Morgan fingerprint density at radius 3 is 2.59 bits per heavy atom. The van der Waals surface area contributed by atoms with Gasteiger partial charge in [0.15, 0.2) is 5.78 Å². The van der Waals surface area contributed by atoms with E-state index in [-0.39, 0.29) is 40.6 Å². The van der Waals surface area contributed by atoms with Gasteiger partial charge in [-0.2, -0.15) is 0 Å². The Hall–Kier alpha value is -3.85. The number of aromatic nitrogens is 2. The van der Waals surface area contributed by atoms with Crippen molar-refractivity contribution in [3.05, 3.63) is 64.7 Å². The molecular formula is C25H26N4O5. The van der Waals surface area contributed by atoms with Crippen molar-refractivity contribution >= 4 is 34.6 Å². The van der Waals surface area contributed by atoms with Crippen molar-refractivity contribution < 1.29 is 23.9 Å². The standard InChI is InChI=1S/C25H26N4O5/c1-4-28(5-2)12-10-18(30)27-15-9-13-29-17(14-15)19(25(33)34-6-3)20-22(29)24(32)21-16(23(20)31)8-7-11-26-21/h7-9,11,13-14H,4-6,10,12H2,1-3H3,(H,27,30). The van der Waals surface area contributed by atoms with Crippen molar-refractivity contribution in [3.63, 3.8) is 0 Å². The topological polar surface area (TPSA) is 110 Å². The first-order valence-electron chi connectivity index (χ1n) is 11.3. The number of ether oxygens (including phenoxy) is 1. The maximum atomic E-state index is 13.3. The molecule has 1 amide bonds. The number of fused-ring (bicyclic) bond motifs is 4. The van der Waals surface area contributed by atoms with Crippen LogP contribution in [0.4, 0.5) is 5.69 Å². The molecule has 0 fully saturated rings. The largest absolute Gasteiger partial charge is 0.462 e. The molecule has 34 heavy (non-hydrogen) atoms. The van der Waals surface area contributed by atoms with Gasteiger partial charge in [0.05, 0.1) is 28.8 Å². The lowest BCUT2D eigenvalue weighted by molar-refractivity contribution is -0.116. The fraction of sp³-hybridized carbons (Fsp3) is 0.320. The molecule has 3 aromatic heterocycles. The first-order chi connectivity index (χ1) is 16.4. The number of anilines is 1. The average Bonchev–Trinajstić information content (AvgIpc) is 3.18. The second-order valence-corrected chi connectivity index (χ2v) is 7.87. The van der Waals surface area contributed by atoms with Gasteiger partial charge in [0.1, 0.15) is 11.4 Å². The van der Waals surface area contributed by atoms with Crippen molar-refractivity contribution in [2.24, 2.45) is 0 Å². The van der Waals surface area contributed by atoms with Crippen LogP contribution < -0.4 is 5.32 Å². The van der Waals surface area contributed by atoms with Gasteiger partial charge in [0.2, 0.25) is 11.7 Å². The molecule has 9 heteroatoms. The summed E-state index contributed by atoms with van der Waals surface area (Å²) in [5.74, 6) is -1.80. The second-order valence-electron chi connectivity index (χ2n) is 7.87. The fourth-order valence-electron chi connectivity index (χ4n) is 4.23. The minimum absolute atomic E-state index is 0.00365. The summed E-state index contributed by atoms with van der Waals surface area (Å²) < 4.78 is 6.71. The zero-order valence-corrected chi connectivity index (χ0v) is 19.4. The molecule has 9 nitrogen and oxygen atoms in total. The number of nitrogens with one attached hydrogen (secondary N) is 1. The lowest BCUT2D eigenvalue weighted by Crippen LogP contribution is -2.27. The van der Waals surface area contributed by atoms with Crippen LogP contribution in [-0.4, -0.2) is 64.0 Å². The number of nitrogens with zero attached hydrogens (tertiary/aromatic N) is 3. The highest BCUT2D eigenvalue weighted by molar-refractivity contribution is 6.31. The molecule has 0 spiro atoms. The minimum Gasteiger partial charge on any atom is -0.462 e. The molecule has 0 unspecified atom stereocenters. The molecule has 0 aliphatic heterocycles. The van der Waals surface area contributed by atoms with Gasteiger partial charge in [-0.15, -0.1) is 0 Å². The predicted octanol–water partition coefficient (Wildman–Crippen LogP) is 2.96. The Balaban J connectivity index is 1.78. The predicted molar refractivity (Wildman–Crippen MR) is 125 cm³/mol. The van der Waals surface area contributed by atoms with Crippen molar-refractivity contribution in [3.8, 4) is 0 Å². The molecule has 0 radical (unpaired) electrons. The van der Waals surface area contributed by atoms with Crippen LogP contribution in [0.2, 0.25) is 0 Å². The SMILES string of the molecule is CCOC(=O)c1c2c(n3ccc(NC(=O)CCN(CC)CC)cc13)C(=O)c1ncccc1C2=O. The average molecular weight is 463 g/mol. The molecule has 4 rings (SSSR count). The van der Waals surface area contributed by atoms with Gasteiger partial charge in [-0.05, 0) is 44.3 Å². The fourth-order valence-corrected chi connectivity index (χ4v) is 4.23. The molecule has 0 saturated carbocycles. The Labute approximate surface area is 196 Å². The smallest absolute Gasteiger partial charge is 0.341 e. The van der Waals surface area contributed by atoms with Crippen LogP contribution in [-0.2, 0) is 9.53 Å². The number of hydrogen-bond donors (Lipinski definition) is 1. The molecule has 0 bridgehead atoms. The summed E-state index contributed by atoms with van der Waals surface area (Å²) in [6.07, 6.45) is 3.33. The summed E-state index contributed by atoms with van der Waals surface area (Å²) in [4.78, 5) is 58.3. The number of carbonyl (C=O) groups excluding carboxylic acids is 4. The third kappa shape index (κ3) is 3.99. The summed E-state index contributed by atoms with van der Waals surface area (Å²) in [6.45, 7) is 8.18. The third-order valence-electron chi connectivity index (χ3n) is 5.96. The maximum absolute atomic E-state index is 13.3. The van der Waals surface area contributed by atoms with Gasteiger partial charge in [-0.25, -0.2) is 4.79 Å². The number of hydrogen-bond acceptors (Lipinski definition) is 7. The number of carbonyl (C=O) groups is 4. The summed E-state index contributed by atoms with van der Waals surface area (Å²) in [5, 5.41) is 2.84. The van der Waals surface area contributed by atoms with Gasteiger partial charge < -0.3 is 19.4 Å². The summed E-state index contributed by atoms with van der Waals surface area (Å²) in [6, 6.07) is 6.30. The number of pyridine rings is 2. The Bertz CT molecular complexity index is 1310. The zero-order chi connectivity index (χ0) is 24.4. The first-order valence-corrected chi connectivity index (χ1v) is 11.3. The van der Waals surface area contributed by atoms with Crippen molar-refractivity contribution in [1.82, 2.24) is 14.3 Å². The molecule has 1 aliphatic carbocycles. The van der Waals surface area contributed by atoms with E-state index in [4.69, 9.17) is 4.74 Å². The highest BCUT2D eigenvalue weighted by Gasteiger charge is 2.39. The molecule has 1 N–H and O–H groups in total. The summed E-state index contributed by atoms with van der Waals surface area (Å²) in [5.41, 5.74) is 1.01. The zero-order valence-electron chi connectivity index (χ0n) is 19.4. The van der Waals surface area contributed by atoms with Crippen molar-refractivity contribution in [2.45, 2.75) is 27.2 Å². The molecule has 0 saturated heterocycles. The van der Waals surface area contributed by atoms with E-state index in [2.05, 4.69) is 15.2 Å². The number of rotatable bonds is 8. The van der Waals surface area contributed by atoms with Crippen molar-refractivity contribution in [2.75, 3.05) is 31.6 Å². The van der Waals surface area contributed by atoms with E-state index >= 15 is 0 Å². The molecule has 0 aromatic carbocycles. The molecule has 1 aliphatic rings. The van der Waals surface area contributed by atoms with Crippen LogP contribution in [0, 0.1) is 0 Å². The quantitative estimate of drug-likeness (QED) is 0.401. The van der Waals surface area contributed by atoms with E-state index in [9.17, 15) is 19.2 Å². The van der Waals surface area contributed by atoms with E-state index in [1.807, 2.05) is 13.8 Å². The minimum atomic E-state index is -0.709. The summed E-state index contributed by atoms with van der Waals surface area (Å²) >= 11 is 0. The molecule has 0 atom stereocenters. The highest BCUT2D eigenvalue weighted by Crippen LogP contribution is 2.34. The van der Waals surface area contributed by atoms with Gasteiger partial charge >= 0.3 is 5.97 Å². The van der Waals surface area contributed by atoms with Gasteiger partial charge in [0.25, 0.3) is 0 Å². The molecule has 3 aromatic rings. The maximum Gasteiger partial charge on any atom is 0.341 e. The molecule has 3 heterocycles. The van der Waals surface area contributed by atoms with E-state index < -0.39 is 17.5 Å². The van der Waals surface area contributed by atoms with Crippen LogP contribution in [0.15, 0.2) is 36.7 Å². The van der Waals surface area contributed by atoms with E-state index in [0.717, 1.165) is 13.1 Å². The van der Waals surface area contributed by atoms with Gasteiger partial charge in [0, 0.05) is 31.0 Å². The van der Waals surface area contributed by atoms with Crippen LogP contribution >= 0.6 is 0 Å². The third-order valence-corrected chi connectivity index (χ3v) is 5.96. The van der Waals surface area contributed by atoms with Gasteiger partial charge in [-0.1, -0.05) is 13.8 Å². The van der Waals surface area contributed by atoms with Gasteiger partial charge in [-0.3, -0.25) is 19.4 Å². The van der Waals surface area contributed by atoms with Crippen LogP contribution in [0.5, 0.6) is 0 Å². The Morgan fingerprint density at radius 1 is 1.12 bits per heavy atom. The highest BCUT2D eigenvalue weighted by atomic mass is 16.5. The monoisotopic (exact) mass is 462 g/mol. The van der Waals surface area contributed by atoms with E-state index in [1.54, 1.807) is 31.3 Å².